The first kappa shape index (κ1) is 20.7. The van der Waals surface area contributed by atoms with Gasteiger partial charge in [-0.3, -0.25) is 0 Å². The summed E-state index contributed by atoms with van der Waals surface area (Å²) in [5.74, 6) is 0. The number of rotatable bonds is 3. The number of aromatic nitrogens is 2. The molecule has 0 radical (unpaired) electrons. The van der Waals surface area contributed by atoms with Crippen molar-refractivity contribution in [3.8, 4) is 10.6 Å². The second-order valence-electron chi connectivity index (χ2n) is 8.81. The van der Waals surface area contributed by atoms with Crippen molar-refractivity contribution in [3.05, 3.63) is 28.8 Å². The van der Waals surface area contributed by atoms with Crippen LogP contribution in [0.5, 0.6) is 0 Å². The van der Waals surface area contributed by atoms with Crippen LogP contribution in [0, 0.1) is 0 Å². The van der Waals surface area contributed by atoms with Crippen molar-refractivity contribution >= 4 is 28.5 Å². The monoisotopic (exact) mass is 452 g/mol. The van der Waals surface area contributed by atoms with E-state index in [2.05, 4.69) is 15.3 Å². The van der Waals surface area contributed by atoms with Crippen molar-refractivity contribution in [2.24, 2.45) is 0 Å². The van der Waals surface area contributed by atoms with Gasteiger partial charge >= 0.3 is 6.18 Å². The van der Waals surface area contributed by atoms with Crippen molar-refractivity contribution in [2.75, 3.05) is 18.0 Å². The summed E-state index contributed by atoms with van der Waals surface area (Å²) in [6.07, 6.45) is 0.0682. The molecule has 2 unspecified atom stereocenters. The van der Waals surface area contributed by atoms with E-state index in [0.717, 1.165) is 19.3 Å². The first-order valence-corrected chi connectivity index (χ1v) is 11.2. The summed E-state index contributed by atoms with van der Waals surface area (Å²) in [7, 11) is 0. The molecule has 6 nitrogen and oxygen atoms in total. The Hall–Kier alpha value is -2.17. The van der Waals surface area contributed by atoms with Crippen LogP contribution in [0.3, 0.4) is 0 Å². The number of alkyl halides is 3. The van der Waals surface area contributed by atoms with Crippen molar-refractivity contribution in [1.82, 2.24) is 15.3 Å². The average molecular weight is 453 g/mol. The summed E-state index contributed by atoms with van der Waals surface area (Å²) < 4.78 is 48.6. The highest BCUT2D eigenvalue weighted by atomic mass is 32.1. The Kier molecular flexibility index (Phi) is 4.80. The number of nitrogens with zero attached hydrogens (tertiary/aromatic N) is 3. The molecule has 2 N–H and O–H groups in total. The Morgan fingerprint density at radius 1 is 1.23 bits per heavy atom. The van der Waals surface area contributed by atoms with Gasteiger partial charge in [0.2, 0.25) is 0 Å². The largest absolute Gasteiger partial charge is 0.423 e. The Labute approximate surface area is 181 Å². The van der Waals surface area contributed by atoms with Crippen LogP contribution in [0.15, 0.2) is 22.1 Å². The average Bonchev–Trinajstić information content (AvgIpc) is 3.34. The molecule has 166 valence electrons. The molecule has 2 fully saturated rings. The molecule has 10 heteroatoms. The number of aliphatic hydroxyl groups is 1. The third-order valence-corrected chi connectivity index (χ3v) is 6.80. The molecule has 2 saturated heterocycles. The van der Waals surface area contributed by atoms with Gasteiger partial charge in [-0.15, -0.1) is 11.3 Å². The zero-order valence-corrected chi connectivity index (χ0v) is 18.0. The smallest absolute Gasteiger partial charge is 0.419 e. The minimum Gasteiger partial charge on any atom is -0.423 e. The maximum atomic E-state index is 14.2. The van der Waals surface area contributed by atoms with Crippen molar-refractivity contribution in [3.63, 3.8) is 0 Å². The molecule has 2 atom stereocenters. The number of hydrogen-bond donors (Lipinski definition) is 2. The highest BCUT2D eigenvalue weighted by Gasteiger charge is 2.42. The molecule has 0 aliphatic carbocycles. The van der Waals surface area contributed by atoms with E-state index in [1.807, 2.05) is 4.90 Å². The highest BCUT2D eigenvalue weighted by molar-refractivity contribution is 7.13. The third-order valence-electron chi connectivity index (χ3n) is 5.99. The molecule has 0 spiro atoms. The van der Waals surface area contributed by atoms with Crippen molar-refractivity contribution in [1.29, 1.82) is 0 Å². The Balaban J connectivity index is 1.74. The molecule has 31 heavy (non-hydrogen) atoms. The molecule has 2 aliphatic heterocycles. The van der Waals surface area contributed by atoms with E-state index < -0.39 is 17.3 Å². The van der Waals surface area contributed by atoms with Gasteiger partial charge in [-0.1, -0.05) is 6.42 Å². The summed E-state index contributed by atoms with van der Waals surface area (Å²) in [4.78, 5) is 10.5. The van der Waals surface area contributed by atoms with Gasteiger partial charge in [0, 0.05) is 36.8 Å². The standard InChI is InChI=1S/C21H23F3N4O2S/c1-20(2,29)14-8-13(18-25-6-7-31-18)17-16(15(14)21(22,23)24)27-19(30-17)28-9-11-4-3-5-12(10-28)26-11/h6-8,11-12,26,29H,3-5,9-10H2,1-2H3. The lowest BCUT2D eigenvalue weighted by atomic mass is 9.90. The van der Waals surface area contributed by atoms with Crippen LogP contribution in [0.4, 0.5) is 19.2 Å². The van der Waals surface area contributed by atoms with Crippen LogP contribution >= 0.6 is 11.3 Å². The Morgan fingerprint density at radius 3 is 2.52 bits per heavy atom. The lowest BCUT2D eigenvalue weighted by molar-refractivity contribution is -0.139. The number of thiazole rings is 1. The second-order valence-corrected chi connectivity index (χ2v) is 9.71. The van der Waals surface area contributed by atoms with Gasteiger partial charge in [-0.2, -0.15) is 18.2 Å². The zero-order chi connectivity index (χ0) is 22.0. The predicted octanol–water partition coefficient (Wildman–Crippen LogP) is 4.53. The number of oxazole rings is 1. The lowest BCUT2D eigenvalue weighted by Crippen LogP contribution is -2.58. The summed E-state index contributed by atoms with van der Waals surface area (Å²) in [5.41, 5.74) is -2.75. The van der Waals surface area contributed by atoms with Gasteiger partial charge in [0.15, 0.2) is 5.58 Å². The van der Waals surface area contributed by atoms with Crippen LogP contribution in [-0.2, 0) is 11.8 Å². The molecule has 2 bridgehead atoms. The van der Waals surface area contributed by atoms with Gasteiger partial charge in [-0.05, 0) is 38.3 Å². The van der Waals surface area contributed by atoms with E-state index in [4.69, 9.17) is 4.42 Å². The molecule has 0 amide bonds. The predicted molar refractivity (Wildman–Crippen MR) is 112 cm³/mol. The molecular formula is C21H23F3N4O2S. The van der Waals surface area contributed by atoms with Gasteiger partial charge in [0.05, 0.1) is 16.7 Å². The molecule has 1 aromatic carbocycles. The fourth-order valence-corrected chi connectivity index (χ4v) is 5.30. The fourth-order valence-electron chi connectivity index (χ4n) is 4.65. The number of nitrogens with one attached hydrogen (secondary N) is 1. The fraction of sp³-hybridized carbons (Fsp3) is 0.524. The highest BCUT2D eigenvalue weighted by Crippen LogP contribution is 2.46. The number of piperazine rings is 1. The minimum absolute atomic E-state index is 0.0500. The van der Waals surface area contributed by atoms with Gasteiger partial charge in [0.25, 0.3) is 6.01 Å². The minimum atomic E-state index is -4.71. The number of fused-ring (bicyclic) bond motifs is 3. The number of benzene rings is 1. The quantitative estimate of drug-likeness (QED) is 0.608. The molecular weight excluding hydrogens is 429 g/mol. The summed E-state index contributed by atoms with van der Waals surface area (Å²) >= 11 is 1.30. The molecule has 0 saturated carbocycles. The summed E-state index contributed by atoms with van der Waals surface area (Å²) in [5, 5.41) is 16.4. The molecule has 4 heterocycles. The molecule has 5 rings (SSSR count). The Morgan fingerprint density at radius 2 is 1.94 bits per heavy atom. The van der Waals surface area contributed by atoms with E-state index >= 15 is 0 Å². The normalized spacial score (nSPS) is 22.3. The first-order valence-electron chi connectivity index (χ1n) is 10.3. The zero-order valence-electron chi connectivity index (χ0n) is 17.2. The van der Waals surface area contributed by atoms with E-state index in [0.29, 0.717) is 23.7 Å². The maximum Gasteiger partial charge on any atom is 0.419 e. The molecule has 3 aromatic rings. The van der Waals surface area contributed by atoms with E-state index in [1.165, 1.54) is 31.3 Å². The topological polar surface area (TPSA) is 74.4 Å². The number of anilines is 1. The van der Waals surface area contributed by atoms with Gasteiger partial charge < -0.3 is 19.7 Å². The number of halogens is 3. The van der Waals surface area contributed by atoms with E-state index in [9.17, 15) is 18.3 Å². The SMILES string of the molecule is CC(C)(O)c1cc(-c2nccs2)c2oc(N3CC4CCCC(C3)N4)nc2c1C(F)(F)F. The van der Waals surface area contributed by atoms with Crippen LogP contribution in [-0.4, -0.2) is 40.2 Å². The second kappa shape index (κ2) is 7.18. The van der Waals surface area contributed by atoms with Crippen LogP contribution in [0.25, 0.3) is 21.7 Å². The van der Waals surface area contributed by atoms with Crippen LogP contribution in [0.1, 0.15) is 44.2 Å². The summed E-state index contributed by atoms with van der Waals surface area (Å²) in [6, 6.07) is 2.07. The van der Waals surface area contributed by atoms with Crippen molar-refractivity contribution in [2.45, 2.75) is 57.0 Å². The third kappa shape index (κ3) is 3.70. The van der Waals surface area contributed by atoms with E-state index in [-0.39, 0.29) is 34.8 Å². The Bertz CT molecular complexity index is 1090. The van der Waals surface area contributed by atoms with Gasteiger partial charge in [0.1, 0.15) is 10.5 Å². The first-order chi connectivity index (χ1) is 14.6. The number of piperidine rings is 1. The maximum absolute atomic E-state index is 14.2. The molecule has 2 aromatic heterocycles. The van der Waals surface area contributed by atoms with Crippen LogP contribution < -0.4 is 10.2 Å². The summed E-state index contributed by atoms with van der Waals surface area (Å²) in [6.45, 7) is 3.95. The lowest BCUT2D eigenvalue weighted by Gasteiger charge is -2.41. The van der Waals surface area contributed by atoms with Gasteiger partial charge in [-0.25, -0.2) is 4.98 Å². The molecule has 2 aliphatic rings. The van der Waals surface area contributed by atoms with E-state index in [1.54, 1.807) is 11.6 Å². The van der Waals surface area contributed by atoms with Crippen LogP contribution in [0.2, 0.25) is 0 Å². The van der Waals surface area contributed by atoms with Crippen molar-refractivity contribution < 1.29 is 22.7 Å². The number of hydrogen-bond acceptors (Lipinski definition) is 7.